The Hall–Kier alpha value is -3.76. The van der Waals surface area contributed by atoms with Gasteiger partial charge in [-0.2, -0.15) is 0 Å². The average molecular weight is 602 g/mol. The van der Waals surface area contributed by atoms with E-state index in [2.05, 4.69) is 5.32 Å². The van der Waals surface area contributed by atoms with E-state index in [1.54, 1.807) is 54.6 Å². The fourth-order valence-corrected chi connectivity index (χ4v) is 5.85. The minimum absolute atomic E-state index is 0.0135. The number of benzene rings is 3. The minimum atomic E-state index is -4.20. The van der Waals surface area contributed by atoms with Crippen LogP contribution < -0.4 is 19.1 Å². The summed E-state index contributed by atoms with van der Waals surface area (Å²) in [7, 11) is -1.28. The first-order valence-corrected chi connectivity index (χ1v) is 15.1. The Labute approximate surface area is 247 Å². The fraction of sp³-hybridized carbons (Fsp3) is 0.333. The van der Waals surface area contributed by atoms with Gasteiger partial charge in [-0.25, -0.2) is 8.42 Å². The molecule has 3 rings (SSSR count). The van der Waals surface area contributed by atoms with Gasteiger partial charge in [-0.15, -0.1) is 0 Å². The predicted octanol–water partition coefficient (Wildman–Crippen LogP) is 4.89. The number of rotatable bonds is 14. The topological polar surface area (TPSA) is 105 Å². The second kappa shape index (κ2) is 14.7. The number of nitrogens with zero attached hydrogens (tertiary/aromatic N) is 2. The van der Waals surface area contributed by atoms with E-state index in [4.69, 9.17) is 21.1 Å². The quantitative estimate of drug-likeness (QED) is 0.282. The van der Waals surface area contributed by atoms with Crippen molar-refractivity contribution >= 4 is 39.1 Å². The molecule has 220 valence electrons. The zero-order valence-electron chi connectivity index (χ0n) is 23.7. The van der Waals surface area contributed by atoms with E-state index in [0.717, 1.165) is 16.3 Å². The molecule has 41 heavy (non-hydrogen) atoms. The summed E-state index contributed by atoms with van der Waals surface area (Å²) in [6.07, 6.45) is 1.06. The third-order valence-electron chi connectivity index (χ3n) is 6.47. The molecule has 0 fully saturated rings. The van der Waals surface area contributed by atoms with Crippen molar-refractivity contribution in [3.05, 3.63) is 83.4 Å². The van der Waals surface area contributed by atoms with Crippen LogP contribution in [0.4, 0.5) is 5.69 Å². The Balaban J connectivity index is 2.09. The van der Waals surface area contributed by atoms with Crippen molar-refractivity contribution in [1.82, 2.24) is 10.2 Å². The highest BCUT2D eigenvalue weighted by Crippen LogP contribution is 2.34. The van der Waals surface area contributed by atoms with Crippen LogP contribution >= 0.6 is 11.6 Å². The zero-order valence-corrected chi connectivity index (χ0v) is 25.2. The number of halogens is 1. The number of methoxy groups -OCH3 is 2. The number of ether oxygens (including phenoxy) is 2. The molecule has 0 bridgehead atoms. The van der Waals surface area contributed by atoms with Crippen LogP contribution in [0, 0.1) is 0 Å². The van der Waals surface area contributed by atoms with Gasteiger partial charge in [-0.3, -0.25) is 13.9 Å². The van der Waals surface area contributed by atoms with Gasteiger partial charge in [0, 0.05) is 24.2 Å². The van der Waals surface area contributed by atoms with Gasteiger partial charge < -0.3 is 19.7 Å². The first-order chi connectivity index (χ1) is 19.7. The molecule has 11 heteroatoms. The summed E-state index contributed by atoms with van der Waals surface area (Å²) in [6.45, 7) is 3.73. The van der Waals surface area contributed by atoms with Gasteiger partial charge >= 0.3 is 0 Å². The lowest BCUT2D eigenvalue weighted by molar-refractivity contribution is -0.140. The van der Waals surface area contributed by atoms with Crippen LogP contribution in [-0.4, -0.2) is 58.5 Å². The maximum Gasteiger partial charge on any atom is 0.264 e. The molecule has 0 spiro atoms. The van der Waals surface area contributed by atoms with Crippen LogP contribution in [0.15, 0.2) is 77.7 Å². The number of hydrogen-bond donors (Lipinski definition) is 1. The molecule has 0 radical (unpaired) electrons. The summed E-state index contributed by atoms with van der Waals surface area (Å²) in [6, 6.07) is 18.6. The van der Waals surface area contributed by atoms with E-state index in [-0.39, 0.29) is 23.0 Å². The molecule has 0 unspecified atom stereocenters. The van der Waals surface area contributed by atoms with Crippen molar-refractivity contribution in [2.45, 2.75) is 44.2 Å². The smallest absolute Gasteiger partial charge is 0.264 e. The zero-order chi connectivity index (χ0) is 30.0. The fourth-order valence-electron chi connectivity index (χ4n) is 4.30. The van der Waals surface area contributed by atoms with Crippen molar-refractivity contribution in [2.75, 3.05) is 31.6 Å². The second-order valence-electron chi connectivity index (χ2n) is 9.23. The highest BCUT2D eigenvalue weighted by molar-refractivity contribution is 7.92. The Bertz CT molecular complexity index is 1420. The first kappa shape index (κ1) is 31.8. The molecule has 0 heterocycles. The van der Waals surface area contributed by atoms with Crippen molar-refractivity contribution < 1.29 is 27.5 Å². The summed E-state index contributed by atoms with van der Waals surface area (Å²) in [5, 5.41) is 3.40. The molecule has 3 aromatic rings. The largest absolute Gasteiger partial charge is 0.493 e. The monoisotopic (exact) mass is 601 g/mol. The molecular formula is C30H36ClN3O6S. The summed E-state index contributed by atoms with van der Waals surface area (Å²) in [5.74, 6) is -0.148. The predicted molar refractivity (Wildman–Crippen MR) is 160 cm³/mol. The standard InChI is InChI=1S/C30H36ClN3O6S/c1-5-18-32-30(36)26(6-2)33(20-22-12-14-23(31)15-13-22)29(35)21-34(41(37,38)25-10-8-7-9-11-25)24-16-17-27(39-3)28(19-24)40-4/h7-17,19,26H,5-6,18,20-21H2,1-4H3,(H,32,36)/t26-/m0/s1. The maximum absolute atomic E-state index is 14.1. The summed E-state index contributed by atoms with van der Waals surface area (Å²) in [4.78, 5) is 28.7. The molecular weight excluding hydrogens is 566 g/mol. The van der Waals surface area contributed by atoms with E-state index in [9.17, 15) is 18.0 Å². The third-order valence-corrected chi connectivity index (χ3v) is 8.51. The average Bonchev–Trinajstić information content (AvgIpc) is 2.99. The maximum atomic E-state index is 14.1. The SMILES string of the molecule is CCCNC(=O)[C@H](CC)N(Cc1ccc(Cl)cc1)C(=O)CN(c1ccc(OC)c(OC)c1)S(=O)(=O)c1ccccc1. The van der Waals surface area contributed by atoms with Gasteiger partial charge in [0.15, 0.2) is 11.5 Å². The van der Waals surface area contributed by atoms with Crippen molar-refractivity contribution in [3.8, 4) is 11.5 Å². The lowest BCUT2D eigenvalue weighted by atomic mass is 10.1. The van der Waals surface area contributed by atoms with Gasteiger partial charge in [-0.1, -0.05) is 55.8 Å². The van der Waals surface area contributed by atoms with Crippen LogP contribution in [0.5, 0.6) is 11.5 Å². The molecule has 1 atom stereocenters. The third kappa shape index (κ3) is 7.92. The van der Waals surface area contributed by atoms with Crippen LogP contribution in [0.2, 0.25) is 5.02 Å². The number of carbonyl (C=O) groups is 2. The Kier molecular flexibility index (Phi) is 11.4. The van der Waals surface area contributed by atoms with Gasteiger partial charge in [0.05, 0.1) is 24.8 Å². The number of anilines is 1. The highest BCUT2D eigenvalue weighted by atomic mass is 35.5. The lowest BCUT2D eigenvalue weighted by Gasteiger charge is -2.33. The molecule has 0 aliphatic rings. The number of hydrogen-bond acceptors (Lipinski definition) is 6. The second-order valence-corrected chi connectivity index (χ2v) is 11.5. The molecule has 0 aromatic heterocycles. The number of amides is 2. The molecule has 3 aromatic carbocycles. The molecule has 0 aliphatic carbocycles. The van der Waals surface area contributed by atoms with E-state index < -0.39 is 28.5 Å². The van der Waals surface area contributed by atoms with Crippen LogP contribution in [0.25, 0.3) is 0 Å². The van der Waals surface area contributed by atoms with Gasteiger partial charge in [0.2, 0.25) is 11.8 Å². The van der Waals surface area contributed by atoms with E-state index in [1.165, 1.54) is 37.3 Å². The summed E-state index contributed by atoms with van der Waals surface area (Å²) < 4.78 is 39.6. The molecule has 2 amide bonds. The number of nitrogens with one attached hydrogen (secondary N) is 1. The van der Waals surface area contributed by atoms with Crippen molar-refractivity contribution in [1.29, 1.82) is 0 Å². The van der Waals surface area contributed by atoms with Crippen LogP contribution in [0.1, 0.15) is 32.3 Å². The first-order valence-electron chi connectivity index (χ1n) is 13.3. The molecule has 0 saturated carbocycles. The van der Waals surface area contributed by atoms with Crippen LogP contribution in [0.3, 0.4) is 0 Å². The molecule has 0 aliphatic heterocycles. The van der Waals surface area contributed by atoms with E-state index in [1.807, 2.05) is 13.8 Å². The molecule has 0 saturated heterocycles. The normalized spacial score (nSPS) is 11.8. The lowest BCUT2D eigenvalue weighted by Crippen LogP contribution is -2.52. The minimum Gasteiger partial charge on any atom is -0.493 e. The van der Waals surface area contributed by atoms with Gasteiger partial charge in [-0.05, 0) is 54.8 Å². The Morgan fingerprint density at radius 2 is 1.59 bits per heavy atom. The summed E-state index contributed by atoms with van der Waals surface area (Å²) in [5.41, 5.74) is 0.947. The van der Waals surface area contributed by atoms with Crippen molar-refractivity contribution in [2.24, 2.45) is 0 Å². The van der Waals surface area contributed by atoms with E-state index in [0.29, 0.717) is 29.5 Å². The number of sulfonamides is 1. The summed E-state index contributed by atoms with van der Waals surface area (Å²) >= 11 is 6.06. The highest BCUT2D eigenvalue weighted by Gasteiger charge is 2.34. The van der Waals surface area contributed by atoms with E-state index >= 15 is 0 Å². The van der Waals surface area contributed by atoms with Crippen LogP contribution in [-0.2, 0) is 26.2 Å². The van der Waals surface area contributed by atoms with Gasteiger partial charge in [0.25, 0.3) is 10.0 Å². The van der Waals surface area contributed by atoms with Crippen molar-refractivity contribution in [3.63, 3.8) is 0 Å². The Morgan fingerprint density at radius 3 is 2.17 bits per heavy atom. The number of carbonyl (C=O) groups excluding carboxylic acids is 2. The van der Waals surface area contributed by atoms with Gasteiger partial charge in [0.1, 0.15) is 12.6 Å². The Morgan fingerprint density at radius 1 is 0.927 bits per heavy atom. The molecule has 1 N–H and O–H groups in total. The molecule has 9 nitrogen and oxygen atoms in total.